The van der Waals surface area contributed by atoms with Crippen molar-refractivity contribution in [3.63, 3.8) is 0 Å². The van der Waals surface area contributed by atoms with Gasteiger partial charge in [-0.25, -0.2) is 4.79 Å². The van der Waals surface area contributed by atoms with Crippen LogP contribution in [-0.2, 0) is 14.4 Å². The molecule has 78 valence electrons. The molecule has 0 atom stereocenters. The molecule has 0 saturated heterocycles. The van der Waals surface area contributed by atoms with Gasteiger partial charge in [0.15, 0.2) is 0 Å². The summed E-state index contributed by atoms with van der Waals surface area (Å²) in [5.74, 6) is -3.54. The Labute approximate surface area is 79.5 Å². The maximum atomic E-state index is 10.3. The molecule has 0 aromatic rings. The summed E-state index contributed by atoms with van der Waals surface area (Å²) < 4.78 is 0. The first-order valence-corrected chi connectivity index (χ1v) is 3.77. The second kappa shape index (κ2) is 5.74. The molecule has 0 rings (SSSR count). The summed E-state index contributed by atoms with van der Waals surface area (Å²) in [5, 5.41) is 25.0. The van der Waals surface area contributed by atoms with Gasteiger partial charge in [0.05, 0.1) is 6.42 Å². The molecule has 0 unspecified atom stereocenters. The predicted octanol–water partition coefficient (Wildman–Crippen LogP) is 0.337. The first kappa shape index (κ1) is 12.2. The van der Waals surface area contributed by atoms with Crippen LogP contribution in [0.15, 0.2) is 11.6 Å². The van der Waals surface area contributed by atoms with Crippen molar-refractivity contribution in [1.29, 1.82) is 0 Å². The lowest BCUT2D eigenvalue weighted by Crippen LogP contribution is -2.03. The van der Waals surface area contributed by atoms with Gasteiger partial charge in [-0.05, 0) is 6.42 Å². The summed E-state index contributed by atoms with van der Waals surface area (Å²) in [6.07, 6.45) is -0.0447. The van der Waals surface area contributed by atoms with E-state index in [1.165, 1.54) is 0 Å². The van der Waals surface area contributed by atoms with Gasteiger partial charge in [-0.15, -0.1) is 0 Å². The molecule has 0 aliphatic heterocycles. The highest BCUT2D eigenvalue weighted by atomic mass is 16.4. The van der Waals surface area contributed by atoms with E-state index in [-0.39, 0.29) is 18.4 Å². The van der Waals surface area contributed by atoms with E-state index in [0.29, 0.717) is 0 Å². The van der Waals surface area contributed by atoms with Crippen LogP contribution in [0.25, 0.3) is 0 Å². The van der Waals surface area contributed by atoms with Crippen LogP contribution in [-0.4, -0.2) is 33.2 Å². The van der Waals surface area contributed by atoms with E-state index in [2.05, 4.69) is 0 Å². The second-order valence-electron chi connectivity index (χ2n) is 2.61. The van der Waals surface area contributed by atoms with Crippen LogP contribution in [0.4, 0.5) is 0 Å². The third kappa shape index (κ3) is 6.84. The lowest BCUT2D eigenvalue weighted by molar-refractivity contribution is -0.138. The average molecular weight is 202 g/mol. The summed E-state index contributed by atoms with van der Waals surface area (Å²) >= 11 is 0. The Bertz CT molecular complexity index is 278. The predicted molar refractivity (Wildman–Crippen MR) is 44.8 cm³/mol. The van der Waals surface area contributed by atoms with Crippen molar-refractivity contribution in [1.82, 2.24) is 0 Å². The standard InChI is InChI=1S/C8H10O6/c9-6(10)2-1-5(3-7(11)12)4-8(13)14/h3H,1-2,4H2,(H,9,10)(H,11,12)(H,13,14). The van der Waals surface area contributed by atoms with Crippen molar-refractivity contribution >= 4 is 17.9 Å². The molecule has 0 aromatic carbocycles. The van der Waals surface area contributed by atoms with Gasteiger partial charge in [0.25, 0.3) is 0 Å². The Balaban J connectivity index is 4.32. The lowest BCUT2D eigenvalue weighted by atomic mass is 10.1. The Kier molecular flexibility index (Phi) is 4.98. The van der Waals surface area contributed by atoms with Crippen molar-refractivity contribution in [2.24, 2.45) is 0 Å². The Morgan fingerprint density at radius 1 is 0.929 bits per heavy atom. The maximum Gasteiger partial charge on any atom is 0.328 e. The van der Waals surface area contributed by atoms with Gasteiger partial charge < -0.3 is 15.3 Å². The van der Waals surface area contributed by atoms with Crippen LogP contribution >= 0.6 is 0 Å². The highest BCUT2D eigenvalue weighted by molar-refractivity contribution is 5.82. The number of carboxylic acids is 3. The molecule has 0 bridgehead atoms. The van der Waals surface area contributed by atoms with Gasteiger partial charge in [-0.2, -0.15) is 0 Å². The van der Waals surface area contributed by atoms with Crippen molar-refractivity contribution in [3.8, 4) is 0 Å². The minimum atomic E-state index is -1.27. The van der Waals surface area contributed by atoms with E-state index in [9.17, 15) is 14.4 Å². The zero-order valence-electron chi connectivity index (χ0n) is 7.27. The molecule has 0 aliphatic rings. The average Bonchev–Trinajstić information content (AvgIpc) is 1.97. The van der Waals surface area contributed by atoms with Crippen molar-refractivity contribution in [3.05, 3.63) is 11.6 Å². The zero-order chi connectivity index (χ0) is 11.1. The zero-order valence-corrected chi connectivity index (χ0v) is 7.27. The highest BCUT2D eigenvalue weighted by Gasteiger charge is 2.08. The van der Waals surface area contributed by atoms with E-state index in [1.807, 2.05) is 0 Å². The largest absolute Gasteiger partial charge is 0.481 e. The van der Waals surface area contributed by atoms with Crippen molar-refractivity contribution in [2.75, 3.05) is 0 Å². The van der Waals surface area contributed by atoms with Gasteiger partial charge >= 0.3 is 17.9 Å². The minimum Gasteiger partial charge on any atom is -0.481 e. The van der Waals surface area contributed by atoms with Gasteiger partial charge in [0, 0.05) is 12.5 Å². The molecular weight excluding hydrogens is 192 g/mol. The summed E-state index contributed by atoms with van der Waals surface area (Å²) in [6.45, 7) is 0. The second-order valence-corrected chi connectivity index (χ2v) is 2.61. The number of hydrogen-bond donors (Lipinski definition) is 3. The van der Waals surface area contributed by atoms with Crippen LogP contribution in [0, 0.1) is 0 Å². The van der Waals surface area contributed by atoms with Crippen molar-refractivity contribution < 1.29 is 29.7 Å². The number of carboxylic acid groups (broad SMARTS) is 3. The topological polar surface area (TPSA) is 112 Å². The summed E-state index contributed by atoms with van der Waals surface area (Å²) in [4.78, 5) is 30.6. The molecule has 6 nitrogen and oxygen atoms in total. The van der Waals surface area contributed by atoms with Crippen LogP contribution in [0.5, 0.6) is 0 Å². The van der Waals surface area contributed by atoms with E-state index in [1.54, 1.807) is 0 Å². The first-order chi connectivity index (χ1) is 6.41. The molecule has 0 heterocycles. The number of hydrogen-bond acceptors (Lipinski definition) is 3. The van der Waals surface area contributed by atoms with Crippen LogP contribution in [0.2, 0.25) is 0 Å². The molecule has 0 aliphatic carbocycles. The Morgan fingerprint density at radius 2 is 1.50 bits per heavy atom. The molecule has 0 aromatic heterocycles. The lowest BCUT2D eigenvalue weighted by Gasteiger charge is -2.00. The van der Waals surface area contributed by atoms with Gasteiger partial charge in [0.2, 0.25) is 0 Å². The first-order valence-electron chi connectivity index (χ1n) is 3.77. The highest BCUT2D eigenvalue weighted by Crippen LogP contribution is 2.09. The fourth-order valence-corrected chi connectivity index (χ4v) is 0.848. The smallest absolute Gasteiger partial charge is 0.328 e. The SMILES string of the molecule is O=C(O)C=C(CCC(=O)O)CC(=O)O. The molecule has 0 radical (unpaired) electrons. The summed E-state index contributed by atoms with van der Waals surface area (Å²) in [5.41, 5.74) is 0.0902. The molecular formula is C8H10O6. The van der Waals surface area contributed by atoms with Crippen LogP contribution in [0.1, 0.15) is 19.3 Å². The summed E-state index contributed by atoms with van der Waals surface area (Å²) in [7, 11) is 0. The van der Waals surface area contributed by atoms with Gasteiger partial charge in [-0.3, -0.25) is 9.59 Å². The van der Waals surface area contributed by atoms with E-state index in [4.69, 9.17) is 15.3 Å². The van der Waals surface area contributed by atoms with E-state index >= 15 is 0 Å². The quantitative estimate of drug-likeness (QED) is 0.535. The molecule has 3 N–H and O–H groups in total. The van der Waals surface area contributed by atoms with Gasteiger partial charge in [0.1, 0.15) is 0 Å². The third-order valence-electron chi connectivity index (χ3n) is 1.37. The number of carbonyl (C=O) groups is 3. The van der Waals surface area contributed by atoms with E-state index in [0.717, 1.165) is 6.08 Å². The van der Waals surface area contributed by atoms with Crippen LogP contribution in [0.3, 0.4) is 0 Å². The summed E-state index contributed by atoms with van der Waals surface area (Å²) in [6, 6.07) is 0. The Hall–Kier alpha value is -1.85. The third-order valence-corrected chi connectivity index (χ3v) is 1.37. The normalized spacial score (nSPS) is 11.0. The monoisotopic (exact) mass is 202 g/mol. The number of aliphatic carboxylic acids is 3. The van der Waals surface area contributed by atoms with Crippen LogP contribution < -0.4 is 0 Å². The Morgan fingerprint density at radius 3 is 1.86 bits per heavy atom. The maximum absolute atomic E-state index is 10.3. The van der Waals surface area contributed by atoms with Gasteiger partial charge in [-0.1, -0.05) is 5.57 Å². The van der Waals surface area contributed by atoms with Crippen molar-refractivity contribution in [2.45, 2.75) is 19.3 Å². The molecule has 0 spiro atoms. The molecule has 0 amide bonds. The molecule has 14 heavy (non-hydrogen) atoms. The minimum absolute atomic E-state index is 0.0616. The molecule has 0 saturated carbocycles. The number of rotatable bonds is 6. The molecule has 6 heteroatoms. The fraction of sp³-hybridized carbons (Fsp3) is 0.375. The fourth-order valence-electron chi connectivity index (χ4n) is 0.848. The molecule has 0 fully saturated rings. The van der Waals surface area contributed by atoms with E-state index < -0.39 is 24.3 Å².